The number of phenolic OH excluding ortho intramolecular Hbond substituents is 2. The SMILES string of the molecule is Oc1cccc2[nH]cc(C(Cc3ccc4[nH]cc(C(O)c5ccc6ccc7cccc8ccc5c6c78)c4c3O)c3ccc4c5c3C=CC3=CC=CC(=CC4)C35)c12. The smallest absolute Gasteiger partial charge is 0.128 e. The van der Waals surface area contributed by atoms with Crippen LogP contribution in [0.3, 0.4) is 0 Å². The minimum absolute atomic E-state index is 0.152. The third-order valence-corrected chi connectivity index (χ3v) is 12.9. The lowest BCUT2D eigenvalue weighted by atomic mass is 9.68. The first kappa shape index (κ1) is 31.5. The number of aromatic amines is 2. The Bertz CT molecular complexity index is 3240. The molecule has 9 aromatic rings. The monoisotopic (exact) mass is 724 g/mol. The first-order valence-electron chi connectivity index (χ1n) is 19.4. The van der Waals surface area contributed by atoms with Gasteiger partial charge in [0, 0.05) is 51.6 Å². The van der Waals surface area contributed by atoms with E-state index in [0.717, 1.165) is 61.3 Å². The van der Waals surface area contributed by atoms with Crippen LogP contribution in [0.25, 0.3) is 60.2 Å². The van der Waals surface area contributed by atoms with Crippen molar-refractivity contribution in [3.05, 3.63) is 195 Å². The summed E-state index contributed by atoms with van der Waals surface area (Å²) in [5, 5.41) is 44.2. The van der Waals surface area contributed by atoms with Crippen LogP contribution in [0.15, 0.2) is 151 Å². The van der Waals surface area contributed by atoms with Gasteiger partial charge in [-0.1, -0.05) is 115 Å². The van der Waals surface area contributed by atoms with Gasteiger partial charge in [-0.2, -0.15) is 0 Å². The molecule has 3 atom stereocenters. The average Bonchev–Trinajstić information content (AvgIpc) is 3.88. The number of rotatable bonds is 6. The normalized spacial score (nSPS) is 16.9. The highest BCUT2D eigenvalue weighted by molar-refractivity contribution is 6.23. The van der Waals surface area contributed by atoms with Crippen molar-refractivity contribution >= 4 is 60.2 Å². The van der Waals surface area contributed by atoms with E-state index in [1.165, 1.54) is 44.0 Å². The van der Waals surface area contributed by atoms with Crippen molar-refractivity contribution in [2.24, 2.45) is 0 Å². The van der Waals surface area contributed by atoms with Gasteiger partial charge in [-0.25, -0.2) is 0 Å². The van der Waals surface area contributed by atoms with Gasteiger partial charge >= 0.3 is 0 Å². The predicted molar refractivity (Wildman–Crippen MR) is 227 cm³/mol. The van der Waals surface area contributed by atoms with Gasteiger partial charge in [-0.05, 0) is 113 Å². The summed E-state index contributed by atoms with van der Waals surface area (Å²) in [6.07, 6.45) is 17.7. The van der Waals surface area contributed by atoms with E-state index in [-0.39, 0.29) is 23.3 Å². The minimum atomic E-state index is -0.986. The number of aromatic hydroxyl groups is 2. The number of fused-ring (bicyclic) bond motifs is 2. The van der Waals surface area contributed by atoms with E-state index in [9.17, 15) is 15.3 Å². The van der Waals surface area contributed by atoms with Crippen LogP contribution in [0.1, 0.15) is 62.4 Å². The maximum atomic E-state index is 12.4. The summed E-state index contributed by atoms with van der Waals surface area (Å²) >= 11 is 0. The van der Waals surface area contributed by atoms with Crippen molar-refractivity contribution in [1.82, 2.24) is 9.97 Å². The molecule has 56 heavy (non-hydrogen) atoms. The number of benzene rings is 7. The molecule has 0 saturated heterocycles. The number of nitrogens with one attached hydrogen (secondary N) is 2. The van der Waals surface area contributed by atoms with E-state index in [0.29, 0.717) is 17.4 Å². The van der Waals surface area contributed by atoms with Crippen LogP contribution in [-0.4, -0.2) is 25.3 Å². The molecule has 5 heteroatoms. The fraction of sp³-hybridized carbons (Fsp3) is 0.0980. The summed E-state index contributed by atoms with van der Waals surface area (Å²) in [6.45, 7) is 0. The van der Waals surface area contributed by atoms with Crippen LogP contribution in [0.2, 0.25) is 0 Å². The number of aliphatic hydroxyl groups excluding tert-OH is 1. The van der Waals surface area contributed by atoms with Gasteiger partial charge in [0.25, 0.3) is 0 Å². The van der Waals surface area contributed by atoms with Crippen LogP contribution in [0.5, 0.6) is 11.5 Å². The molecule has 3 aliphatic carbocycles. The van der Waals surface area contributed by atoms with Crippen molar-refractivity contribution in [2.75, 3.05) is 0 Å². The molecular weight excluding hydrogens is 689 g/mol. The highest BCUT2D eigenvalue weighted by atomic mass is 16.3. The molecule has 0 saturated carbocycles. The number of allylic oxidation sites excluding steroid dienone is 7. The molecule has 0 radical (unpaired) electrons. The number of hydrogen-bond donors (Lipinski definition) is 5. The van der Waals surface area contributed by atoms with E-state index in [4.69, 9.17) is 0 Å². The standard InChI is InChI=1S/C51H36N2O3/c54-43-9-3-8-41-48(43)39(25-52-41)38(34-19-14-31-12-10-27-4-1-6-29-15-20-35(34)46(31)44(27)29)24-33-18-23-42-49(50(33)55)40(26-53-42)51(56)37-22-17-32-13-11-28-5-2-7-30-16-21-36(37)47(32)45(28)30/h1-11,13-23,25-26,38,44,51-56H,12,24H2. The molecule has 0 spiro atoms. The Hall–Kier alpha value is -6.82. The number of aliphatic hydroxyl groups is 1. The average molecular weight is 725 g/mol. The van der Waals surface area contributed by atoms with Crippen LogP contribution >= 0.6 is 0 Å². The summed E-state index contributed by atoms with van der Waals surface area (Å²) in [4.78, 5) is 6.78. The molecule has 5 N–H and O–H groups in total. The summed E-state index contributed by atoms with van der Waals surface area (Å²) in [7, 11) is 0. The largest absolute Gasteiger partial charge is 0.507 e. The zero-order valence-electron chi connectivity index (χ0n) is 30.3. The van der Waals surface area contributed by atoms with Crippen LogP contribution < -0.4 is 0 Å². The van der Waals surface area contributed by atoms with Crippen LogP contribution in [0.4, 0.5) is 0 Å². The second kappa shape index (κ2) is 11.6. The molecule has 0 fully saturated rings. The van der Waals surface area contributed by atoms with Gasteiger partial charge in [0.05, 0.1) is 0 Å². The molecular formula is C51H36N2O3. The van der Waals surface area contributed by atoms with Gasteiger partial charge in [-0.15, -0.1) is 0 Å². The molecule has 7 aromatic carbocycles. The Balaban J connectivity index is 1.02. The van der Waals surface area contributed by atoms with Crippen LogP contribution in [0, 0.1) is 0 Å². The van der Waals surface area contributed by atoms with E-state index in [1.54, 1.807) is 6.07 Å². The number of H-pyrrole nitrogens is 2. The van der Waals surface area contributed by atoms with Crippen molar-refractivity contribution in [3.63, 3.8) is 0 Å². The second-order valence-electron chi connectivity index (χ2n) is 15.7. The first-order chi connectivity index (χ1) is 27.5. The Morgan fingerprint density at radius 2 is 1.38 bits per heavy atom. The molecule has 3 aliphatic rings. The first-order valence-corrected chi connectivity index (χ1v) is 19.4. The molecule has 2 heterocycles. The summed E-state index contributed by atoms with van der Waals surface area (Å²) in [5.41, 5.74) is 12.5. The molecule has 2 aromatic heterocycles. The van der Waals surface area contributed by atoms with E-state index < -0.39 is 6.10 Å². The number of aromatic nitrogens is 2. The summed E-state index contributed by atoms with van der Waals surface area (Å²) in [5.74, 6) is 0.366. The lowest BCUT2D eigenvalue weighted by Crippen LogP contribution is -2.19. The summed E-state index contributed by atoms with van der Waals surface area (Å²) in [6, 6.07) is 33.2. The Kier molecular flexibility index (Phi) is 6.53. The van der Waals surface area contributed by atoms with Gasteiger partial charge in [0.15, 0.2) is 0 Å². The Morgan fingerprint density at radius 3 is 2.25 bits per heavy atom. The maximum Gasteiger partial charge on any atom is 0.128 e. The molecule has 5 nitrogen and oxygen atoms in total. The molecule has 0 amide bonds. The number of phenols is 2. The predicted octanol–water partition coefficient (Wildman–Crippen LogP) is 11.5. The third-order valence-electron chi connectivity index (χ3n) is 12.9. The van der Waals surface area contributed by atoms with Crippen molar-refractivity contribution < 1.29 is 15.3 Å². The molecule has 0 aliphatic heterocycles. The van der Waals surface area contributed by atoms with Crippen LogP contribution in [-0.2, 0) is 12.8 Å². The highest BCUT2D eigenvalue weighted by Crippen LogP contribution is 2.50. The van der Waals surface area contributed by atoms with E-state index in [1.807, 2.05) is 42.7 Å². The Morgan fingerprint density at radius 1 is 0.625 bits per heavy atom. The van der Waals surface area contributed by atoms with Gasteiger partial charge < -0.3 is 25.3 Å². The van der Waals surface area contributed by atoms with E-state index in [2.05, 4.69) is 107 Å². The fourth-order valence-electron chi connectivity index (χ4n) is 10.3. The third kappa shape index (κ3) is 4.34. The quantitative estimate of drug-likeness (QED) is 0.111. The zero-order chi connectivity index (χ0) is 37.2. The van der Waals surface area contributed by atoms with Gasteiger partial charge in [-0.3, -0.25) is 0 Å². The topological polar surface area (TPSA) is 92.3 Å². The highest BCUT2D eigenvalue weighted by Gasteiger charge is 2.34. The number of hydrogen-bond acceptors (Lipinski definition) is 3. The van der Waals surface area contributed by atoms with Gasteiger partial charge in [0.1, 0.15) is 17.6 Å². The minimum Gasteiger partial charge on any atom is -0.507 e. The molecule has 0 bridgehead atoms. The summed E-state index contributed by atoms with van der Waals surface area (Å²) < 4.78 is 0. The maximum absolute atomic E-state index is 12.4. The Labute approximate surface area is 322 Å². The van der Waals surface area contributed by atoms with E-state index >= 15 is 0 Å². The molecule has 3 unspecified atom stereocenters. The lowest BCUT2D eigenvalue weighted by Gasteiger charge is -2.35. The van der Waals surface area contributed by atoms with Crippen molar-refractivity contribution in [1.29, 1.82) is 0 Å². The molecule has 268 valence electrons. The van der Waals surface area contributed by atoms with Gasteiger partial charge in [0.2, 0.25) is 0 Å². The van der Waals surface area contributed by atoms with Crippen molar-refractivity contribution in [2.45, 2.75) is 30.8 Å². The zero-order valence-corrected chi connectivity index (χ0v) is 30.3. The fourth-order valence-corrected chi connectivity index (χ4v) is 10.3. The lowest BCUT2D eigenvalue weighted by molar-refractivity contribution is 0.223. The molecule has 12 rings (SSSR count). The second-order valence-corrected chi connectivity index (χ2v) is 15.7. The van der Waals surface area contributed by atoms with Crippen molar-refractivity contribution in [3.8, 4) is 11.5 Å².